The fourth-order valence-electron chi connectivity index (χ4n) is 1.49. The van der Waals surface area contributed by atoms with E-state index in [0.29, 0.717) is 17.7 Å². The first-order valence-corrected chi connectivity index (χ1v) is 5.56. The van der Waals surface area contributed by atoms with Gasteiger partial charge in [0.15, 0.2) is 0 Å². The number of hydrogen-bond acceptors (Lipinski definition) is 3. The number of aliphatic hydroxyl groups excluding tert-OH is 1. The molecule has 1 aromatic carbocycles. The fourth-order valence-corrected chi connectivity index (χ4v) is 1.49. The average molecular weight is 237 g/mol. The van der Waals surface area contributed by atoms with Crippen LogP contribution in [0.15, 0.2) is 24.3 Å². The highest BCUT2D eigenvalue weighted by Gasteiger charge is 2.20. The predicted molar refractivity (Wildman–Crippen MR) is 66.2 cm³/mol. The molecule has 0 aliphatic heterocycles. The second-order valence-corrected chi connectivity index (χ2v) is 4.54. The molecule has 0 aliphatic carbocycles. The van der Waals surface area contributed by atoms with Crippen molar-refractivity contribution in [3.63, 3.8) is 0 Å². The van der Waals surface area contributed by atoms with Gasteiger partial charge in [0.25, 0.3) is 5.91 Å². The van der Waals surface area contributed by atoms with Crippen LogP contribution >= 0.6 is 0 Å². The summed E-state index contributed by atoms with van der Waals surface area (Å²) in [6.07, 6.45) is 0.517. The molecule has 0 saturated heterocycles. The molecule has 0 bridgehead atoms. The fraction of sp³-hybridized carbons (Fsp3) is 0.462. The topological polar surface area (TPSA) is 58.6 Å². The van der Waals surface area contributed by atoms with Crippen LogP contribution in [0.3, 0.4) is 0 Å². The van der Waals surface area contributed by atoms with Gasteiger partial charge in [0.05, 0.1) is 7.11 Å². The third kappa shape index (κ3) is 4.07. The molecule has 1 rings (SSSR count). The van der Waals surface area contributed by atoms with E-state index < -0.39 is 5.54 Å². The van der Waals surface area contributed by atoms with E-state index in [2.05, 4.69) is 5.32 Å². The van der Waals surface area contributed by atoms with Crippen molar-refractivity contribution in [2.75, 3.05) is 13.7 Å². The van der Waals surface area contributed by atoms with Crippen LogP contribution in [0.1, 0.15) is 30.6 Å². The van der Waals surface area contributed by atoms with Crippen molar-refractivity contribution in [1.82, 2.24) is 5.32 Å². The number of rotatable bonds is 5. The summed E-state index contributed by atoms with van der Waals surface area (Å²) in [5, 5.41) is 11.8. The molecule has 1 aromatic rings. The lowest BCUT2D eigenvalue weighted by atomic mass is 10.0. The smallest absolute Gasteiger partial charge is 0.251 e. The monoisotopic (exact) mass is 237 g/mol. The van der Waals surface area contributed by atoms with Crippen LogP contribution in [-0.2, 0) is 0 Å². The maximum absolute atomic E-state index is 12.0. The first-order chi connectivity index (χ1) is 7.98. The van der Waals surface area contributed by atoms with Crippen molar-refractivity contribution in [2.24, 2.45) is 0 Å². The van der Waals surface area contributed by atoms with Crippen LogP contribution < -0.4 is 10.1 Å². The number of aliphatic hydroxyl groups is 1. The first kappa shape index (κ1) is 13.5. The van der Waals surface area contributed by atoms with Gasteiger partial charge in [-0.15, -0.1) is 0 Å². The van der Waals surface area contributed by atoms with Gasteiger partial charge in [-0.1, -0.05) is 6.07 Å². The van der Waals surface area contributed by atoms with Gasteiger partial charge in [0.1, 0.15) is 5.75 Å². The molecule has 0 unspecified atom stereocenters. The van der Waals surface area contributed by atoms with Crippen molar-refractivity contribution in [2.45, 2.75) is 25.8 Å². The molecule has 4 heteroatoms. The third-order valence-corrected chi connectivity index (χ3v) is 2.52. The average Bonchev–Trinajstić information content (AvgIpc) is 2.28. The molecule has 0 fully saturated rings. The Morgan fingerprint density at radius 1 is 1.47 bits per heavy atom. The molecule has 0 heterocycles. The molecular weight excluding hydrogens is 218 g/mol. The molecule has 0 aliphatic rings. The summed E-state index contributed by atoms with van der Waals surface area (Å²) in [5.74, 6) is 0.486. The van der Waals surface area contributed by atoms with Gasteiger partial charge in [0.2, 0.25) is 0 Å². The molecule has 0 aromatic heterocycles. The summed E-state index contributed by atoms with van der Waals surface area (Å²) in [6.45, 7) is 3.80. The molecule has 0 spiro atoms. The second kappa shape index (κ2) is 5.68. The van der Waals surface area contributed by atoms with Crippen LogP contribution in [0.4, 0.5) is 0 Å². The maximum atomic E-state index is 12.0. The molecular formula is C13H19NO3. The van der Waals surface area contributed by atoms with Crippen LogP contribution in [0.5, 0.6) is 5.75 Å². The van der Waals surface area contributed by atoms with Gasteiger partial charge < -0.3 is 15.2 Å². The Morgan fingerprint density at radius 3 is 2.76 bits per heavy atom. The highest BCUT2D eigenvalue weighted by Crippen LogP contribution is 2.14. The number of amides is 1. The zero-order valence-electron chi connectivity index (χ0n) is 10.5. The molecule has 1 amide bonds. The molecule has 0 saturated carbocycles. The van der Waals surface area contributed by atoms with E-state index in [1.165, 1.54) is 0 Å². The minimum atomic E-state index is -0.422. The van der Waals surface area contributed by atoms with Gasteiger partial charge in [-0.3, -0.25) is 4.79 Å². The number of nitrogens with one attached hydrogen (secondary N) is 1. The Labute approximate surface area is 102 Å². The van der Waals surface area contributed by atoms with Gasteiger partial charge in [-0.25, -0.2) is 0 Å². The van der Waals surface area contributed by atoms with Crippen molar-refractivity contribution in [3.05, 3.63) is 29.8 Å². The summed E-state index contributed by atoms with van der Waals surface area (Å²) in [6, 6.07) is 6.97. The highest BCUT2D eigenvalue weighted by molar-refractivity contribution is 5.95. The zero-order valence-corrected chi connectivity index (χ0v) is 10.5. The van der Waals surface area contributed by atoms with Crippen molar-refractivity contribution >= 4 is 5.91 Å². The van der Waals surface area contributed by atoms with Crippen molar-refractivity contribution < 1.29 is 14.6 Å². The zero-order chi connectivity index (χ0) is 12.9. The largest absolute Gasteiger partial charge is 0.497 e. The Bertz CT molecular complexity index is 388. The Morgan fingerprint density at radius 2 is 2.18 bits per heavy atom. The summed E-state index contributed by atoms with van der Waals surface area (Å²) in [5.41, 5.74) is 0.130. The minimum Gasteiger partial charge on any atom is -0.497 e. The number of hydrogen-bond donors (Lipinski definition) is 2. The molecule has 17 heavy (non-hydrogen) atoms. The minimum absolute atomic E-state index is 0.0470. The summed E-state index contributed by atoms with van der Waals surface area (Å²) in [7, 11) is 1.56. The van der Waals surface area contributed by atoms with Gasteiger partial charge in [0, 0.05) is 17.7 Å². The van der Waals surface area contributed by atoms with E-state index in [0.717, 1.165) is 0 Å². The Balaban J connectivity index is 2.75. The molecule has 2 N–H and O–H groups in total. The van der Waals surface area contributed by atoms with Crippen LogP contribution in [0.2, 0.25) is 0 Å². The third-order valence-electron chi connectivity index (χ3n) is 2.52. The summed E-state index contributed by atoms with van der Waals surface area (Å²) < 4.78 is 5.06. The second-order valence-electron chi connectivity index (χ2n) is 4.54. The summed E-state index contributed by atoms with van der Waals surface area (Å²) in [4.78, 5) is 12.0. The van der Waals surface area contributed by atoms with E-state index in [1.807, 2.05) is 13.8 Å². The van der Waals surface area contributed by atoms with E-state index >= 15 is 0 Å². The number of carbonyl (C=O) groups is 1. The number of methoxy groups -OCH3 is 1. The van der Waals surface area contributed by atoms with Gasteiger partial charge >= 0.3 is 0 Å². The number of benzene rings is 1. The number of ether oxygens (including phenoxy) is 1. The quantitative estimate of drug-likeness (QED) is 0.817. The SMILES string of the molecule is COc1cccc(C(=O)NC(C)(C)CCO)c1. The summed E-state index contributed by atoms with van der Waals surface area (Å²) >= 11 is 0. The normalized spacial score (nSPS) is 11.1. The highest BCUT2D eigenvalue weighted by atomic mass is 16.5. The van der Waals surface area contributed by atoms with Crippen LogP contribution in [-0.4, -0.2) is 30.3 Å². The standard InChI is InChI=1S/C13H19NO3/c1-13(2,7-8-15)14-12(16)10-5-4-6-11(9-10)17-3/h4-6,9,15H,7-8H2,1-3H3,(H,14,16). The van der Waals surface area contributed by atoms with E-state index in [-0.39, 0.29) is 12.5 Å². The molecule has 4 nitrogen and oxygen atoms in total. The van der Waals surface area contributed by atoms with E-state index in [9.17, 15) is 4.79 Å². The lowest BCUT2D eigenvalue weighted by molar-refractivity contribution is 0.0899. The maximum Gasteiger partial charge on any atom is 0.251 e. The van der Waals surface area contributed by atoms with Gasteiger partial charge in [-0.2, -0.15) is 0 Å². The van der Waals surface area contributed by atoms with Gasteiger partial charge in [-0.05, 0) is 38.5 Å². The molecule has 0 radical (unpaired) electrons. The Hall–Kier alpha value is -1.55. The number of carbonyl (C=O) groups excluding carboxylic acids is 1. The van der Waals surface area contributed by atoms with Crippen molar-refractivity contribution in [3.8, 4) is 5.75 Å². The van der Waals surface area contributed by atoms with Crippen LogP contribution in [0, 0.1) is 0 Å². The first-order valence-electron chi connectivity index (χ1n) is 5.56. The predicted octanol–water partition coefficient (Wildman–Crippen LogP) is 1.59. The van der Waals surface area contributed by atoms with Crippen molar-refractivity contribution in [1.29, 1.82) is 0 Å². The van der Waals surface area contributed by atoms with E-state index in [1.54, 1.807) is 31.4 Å². The Kier molecular flexibility index (Phi) is 4.52. The van der Waals surface area contributed by atoms with E-state index in [4.69, 9.17) is 9.84 Å². The lowest BCUT2D eigenvalue weighted by Crippen LogP contribution is -2.44. The molecule has 94 valence electrons. The molecule has 0 atom stereocenters. The lowest BCUT2D eigenvalue weighted by Gasteiger charge is -2.25. The van der Waals surface area contributed by atoms with Crippen LogP contribution in [0.25, 0.3) is 0 Å².